The fourth-order valence-corrected chi connectivity index (χ4v) is 7.48. The number of nitrogens with one attached hydrogen (secondary N) is 2. The van der Waals surface area contributed by atoms with E-state index in [4.69, 9.17) is 0 Å². The molecule has 0 bridgehead atoms. The predicted octanol–water partition coefficient (Wildman–Crippen LogP) is 3.05. The lowest BCUT2D eigenvalue weighted by atomic mass is 10.0. The number of amides is 3. The third kappa shape index (κ3) is 4.36. The van der Waals surface area contributed by atoms with Crippen molar-refractivity contribution in [3.63, 3.8) is 0 Å². The van der Waals surface area contributed by atoms with E-state index < -0.39 is 21.4 Å². The number of nitrogens with zero attached hydrogens (tertiary/aromatic N) is 3. The Morgan fingerprint density at radius 3 is 2.62 bits per heavy atom. The molecule has 1 aliphatic heterocycles. The van der Waals surface area contributed by atoms with E-state index in [1.807, 2.05) is 0 Å². The lowest BCUT2D eigenvalue weighted by molar-refractivity contribution is -0.125. The number of anilines is 1. The fraction of sp³-hybridized carbons (Fsp3) is 0.524. The molecule has 1 aliphatic carbocycles. The van der Waals surface area contributed by atoms with Crippen LogP contribution >= 0.6 is 11.3 Å². The standard InChI is InChI=1S/C21H27N5O4S2/c1-21(2)18(27)25-20(28)26(21)13-12-23-19-22-11-10-15(24-19)16-8-9-17(31-16)32(29,30)14-6-4-3-5-7-14/h8-11,14H,3-7,12-13H2,1-2H3,(H,22,23,24)(H,25,27,28). The third-order valence-electron chi connectivity index (χ3n) is 6.08. The van der Waals surface area contributed by atoms with Gasteiger partial charge in [0.15, 0.2) is 9.84 Å². The van der Waals surface area contributed by atoms with Crippen LogP contribution in [0.2, 0.25) is 0 Å². The Hall–Kier alpha value is -2.53. The minimum absolute atomic E-state index is 0.288. The van der Waals surface area contributed by atoms with E-state index in [0.717, 1.165) is 37.0 Å². The number of carbonyl (C=O) groups is 2. The number of hydrogen-bond acceptors (Lipinski definition) is 8. The maximum atomic E-state index is 13.0. The number of sulfone groups is 1. The topological polar surface area (TPSA) is 121 Å². The lowest BCUT2D eigenvalue weighted by Gasteiger charge is -2.27. The van der Waals surface area contributed by atoms with Crippen LogP contribution in [0.15, 0.2) is 28.6 Å². The minimum atomic E-state index is -3.32. The summed E-state index contributed by atoms with van der Waals surface area (Å²) in [6.07, 6.45) is 6.11. The first-order valence-corrected chi connectivity index (χ1v) is 13.1. The van der Waals surface area contributed by atoms with Crippen LogP contribution in [0, 0.1) is 0 Å². The van der Waals surface area contributed by atoms with Crippen molar-refractivity contribution < 1.29 is 18.0 Å². The number of urea groups is 1. The molecule has 3 amide bonds. The van der Waals surface area contributed by atoms with Crippen molar-refractivity contribution in [3.05, 3.63) is 24.4 Å². The molecule has 0 radical (unpaired) electrons. The van der Waals surface area contributed by atoms with Gasteiger partial charge in [-0.15, -0.1) is 11.3 Å². The largest absolute Gasteiger partial charge is 0.352 e. The van der Waals surface area contributed by atoms with Gasteiger partial charge in [0.05, 0.1) is 15.8 Å². The summed E-state index contributed by atoms with van der Waals surface area (Å²) in [4.78, 5) is 34.8. The van der Waals surface area contributed by atoms with E-state index in [2.05, 4.69) is 20.6 Å². The summed E-state index contributed by atoms with van der Waals surface area (Å²) in [5.41, 5.74) is -0.273. The Labute approximate surface area is 191 Å². The maximum absolute atomic E-state index is 13.0. The second kappa shape index (κ2) is 8.78. The number of imide groups is 1. The molecule has 2 aromatic heterocycles. The number of thiophene rings is 1. The lowest BCUT2D eigenvalue weighted by Crippen LogP contribution is -2.46. The van der Waals surface area contributed by atoms with Crippen LogP contribution in [0.4, 0.5) is 10.7 Å². The van der Waals surface area contributed by atoms with Crippen LogP contribution in [0.1, 0.15) is 46.0 Å². The van der Waals surface area contributed by atoms with E-state index in [9.17, 15) is 18.0 Å². The highest BCUT2D eigenvalue weighted by Gasteiger charge is 2.45. The Morgan fingerprint density at radius 2 is 1.94 bits per heavy atom. The molecule has 0 aromatic carbocycles. The normalized spacial score (nSPS) is 19.2. The van der Waals surface area contributed by atoms with Crippen LogP contribution in [0.25, 0.3) is 10.6 Å². The summed E-state index contributed by atoms with van der Waals surface area (Å²) >= 11 is 1.24. The van der Waals surface area contributed by atoms with Gasteiger partial charge in [-0.1, -0.05) is 19.3 Å². The first-order chi connectivity index (χ1) is 15.2. The van der Waals surface area contributed by atoms with Crippen LogP contribution in [0.3, 0.4) is 0 Å². The smallest absolute Gasteiger partial charge is 0.325 e. The zero-order chi connectivity index (χ0) is 22.9. The Bertz CT molecular complexity index is 1120. The molecule has 9 nitrogen and oxygen atoms in total. The van der Waals surface area contributed by atoms with Gasteiger partial charge in [-0.2, -0.15) is 0 Å². The monoisotopic (exact) mass is 477 g/mol. The van der Waals surface area contributed by atoms with E-state index in [1.165, 1.54) is 16.2 Å². The second-order valence-corrected chi connectivity index (χ2v) is 12.1. The summed E-state index contributed by atoms with van der Waals surface area (Å²) in [6, 6.07) is 4.78. The Morgan fingerprint density at radius 1 is 1.19 bits per heavy atom. The number of hydrogen-bond donors (Lipinski definition) is 2. The van der Waals surface area contributed by atoms with E-state index in [1.54, 1.807) is 38.2 Å². The Balaban J connectivity index is 1.42. The van der Waals surface area contributed by atoms with E-state index >= 15 is 0 Å². The van der Waals surface area contributed by atoms with Crippen LogP contribution < -0.4 is 10.6 Å². The zero-order valence-electron chi connectivity index (χ0n) is 18.1. The first kappa shape index (κ1) is 22.7. The van der Waals surface area contributed by atoms with Crippen molar-refractivity contribution in [3.8, 4) is 10.6 Å². The molecular formula is C21H27N5O4S2. The van der Waals surface area contributed by atoms with Gasteiger partial charge >= 0.3 is 6.03 Å². The maximum Gasteiger partial charge on any atom is 0.325 e. The van der Waals surface area contributed by atoms with Gasteiger partial charge in [-0.05, 0) is 44.9 Å². The summed E-state index contributed by atoms with van der Waals surface area (Å²) in [5.74, 6) is 0.0498. The number of aromatic nitrogens is 2. The van der Waals surface area contributed by atoms with Gasteiger partial charge < -0.3 is 10.2 Å². The van der Waals surface area contributed by atoms with Crippen LogP contribution in [0.5, 0.6) is 0 Å². The highest BCUT2D eigenvalue weighted by atomic mass is 32.2. The molecule has 2 aromatic rings. The molecule has 0 unspecified atom stereocenters. The average Bonchev–Trinajstić information content (AvgIpc) is 3.34. The van der Waals surface area contributed by atoms with Crippen molar-refractivity contribution >= 4 is 39.1 Å². The molecule has 2 fully saturated rings. The second-order valence-electron chi connectivity index (χ2n) is 8.59. The summed E-state index contributed by atoms with van der Waals surface area (Å²) in [5, 5.41) is 5.10. The van der Waals surface area contributed by atoms with Gasteiger partial charge in [-0.3, -0.25) is 10.1 Å². The van der Waals surface area contributed by atoms with Crippen molar-refractivity contribution in [2.45, 2.75) is 60.9 Å². The zero-order valence-corrected chi connectivity index (χ0v) is 19.8. The molecule has 1 saturated carbocycles. The molecule has 0 spiro atoms. The van der Waals surface area contributed by atoms with Crippen molar-refractivity contribution in [1.29, 1.82) is 0 Å². The molecule has 11 heteroatoms. The van der Waals surface area contributed by atoms with E-state index in [-0.39, 0.29) is 11.2 Å². The van der Waals surface area contributed by atoms with Crippen LogP contribution in [-0.2, 0) is 14.6 Å². The molecule has 2 aliphatic rings. The van der Waals surface area contributed by atoms with Crippen molar-refractivity contribution in [2.75, 3.05) is 18.4 Å². The van der Waals surface area contributed by atoms with Gasteiger partial charge in [0.2, 0.25) is 5.95 Å². The molecule has 0 atom stereocenters. The number of rotatable bonds is 7. The summed E-state index contributed by atoms with van der Waals surface area (Å²) in [7, 11) is -3.32. The summed E-state index contributed by atoms with van der Waals surface area (Å²) < 4.78 is 26.3. The molecule has 2 N–H and O–H groups in total. The van der Waals surface area contributed by atoms with Gasteiger partial charge in [0, 0.05) is 19.3 Å². The molecule has 1 saturated heterocycles. The first-order valence-electron chi connectivity index (χ1n) is 10.7. The molecule has 32 heavy (non-hydrogen) atoms. The van der Waals surface area contributed by atoms with Gasteiger partial charge in [0.1, 0.15) is 9.75 Å². The minimum Gasteiger partial charge on any atom is -0.352 e. The highest BCUT2D eigenvalue weighted by Crippen LogP contribution is 2.35. The van der Waals surface area contributed by atoms with Gasteiger partial charge in [-0.25, -0.2) is 23.2 Å². The predicted molar refractivity (Wildman–Crippen MR) is 122 cm³/mol. The highest BCUT2D eigenvalue weighted by molar-refractivity contribution is 7.94. The quantitative estimate of drug-likeness (QED) is 0.588. The molecule has 3 heterocycles. The van der Waals surface area contributed by atoms with E-state index in [0.29, 0.717) is 28.9 Å². The van der Waals surface area contributed by atoms with Crippen molar-refractivity contribution in [1.82, 2.24) is 20.2 Å². The molecular weight excluding hydrogens is 450 g/mol. The molecule has 4 rings (SSSR count). The fourth-order valence-electron chi connectivity index (χ4n) is 4.09. The third-order valence-corrected chi connectivity index (χ3v) is 9.97. The SMILES string of the molecule is CC1(C)C(=O)NC(=O)N1CCNc1nccc(-c2ccc(S(=O)(=O)C3CCCCC3)s2)n1. The van der Waals surface area contributed by atoms with Crippen LogP contribution in [-0.4, -0.2) is 59.1 Å². The average molecular weight is 478 g/mol. The Kier molecular flexibility index (Phi) is 6.22. The summed E-state index contributed by atoms with van der Waals surface area (Å²) in [6.45, 7) is 4.06. The van der Waals surface area contributed by atoms with Gasteiger partial charge in [0.25, 0.3) is 5.91 Å². The molecule has 172 valence electrons. The van der Waals surface area contributed by atoms with Crippen molar-refractivity contribution in [2.24, 2.45) is 0 Å². The number of carbonyl (C=O) groups excluding carboxylic acids is 2.